The maximum atomic E-state index is 13.1. The second-order valence-corrected chi connectivity index (χ2v) is 10.9. The van der Waals surface area contributed by atoms with Crippen LogP contribution in [0.2, 0.25) is 0 Å². The zero-order valence-electron chi connectivity index (χ0n) is 20.6. The van der Waals surface area contributed by atoms with Gasteiger partial charge in [0.25, 0.3) is 0 Å². The quantitative estimate of drug-likeness (QED) is 0.268. The first-order chi connectivity index (χ1) is 17.8. The van der Waals surface area contributed by atoms with Crippen LogP contribution in [0.25, 0.3) is 11.1 Å². The summed E-state index contributed by atoms with van der Waals surface area (Å²) in [6, 6.07) is 2.46. The number of carboxylic acid groups (broad SMARTS) is 2. The number of aliphatic carboxylic acids is 2. The van der Waals surface area contributed by atoms with Gasteiger partial charge in [0, 0.05) is 6.54 Å². The van der Waals surface area contributed by atoms with Gasteiger partial charge in [-0.25, -0.2) is 13.1 Å². The van der Waals surface area contributed by atoms with Crippen LogP contribution in [0.1, 0.15) is 37.8 Å². The van der Waals surface area contributed by atoms with Crippen LogP contribution in [-0.2, 0) is 32.0 Å². The van der Waals surface area contributed by atoms with E-state index in [2.05, 4.69) is 10.0 Å². The third kappa shape index (κ3) is 9.21. The summed E-state index contributed by atoms with van der Waals surface area (Å²) < 4.78 is 106. The minimum atomic E-state index is -5.05. The van der Waals surface area contributed by atoms with Crippen molar-refractivity contribution in [1.82, 2.24) is 10.0 Å². The van der Waals surface area contributed by atoms with Gasteiger partial charge in [0.2, 0.25) is 10.0 Å². The Kier molecular flexibility index (Phi) is 10.1. The number of hydrogen-bond acceptors (Lipinski definition) is 5. The van der Waals surface area contributed by atoms with Crippen LogP contribution in [-0.4, -0.2) is 49.2 Å². The van der Waals surface area contributed by atoms with Crippen molar-refractivity contribution >= 4 is 22.0 Å². The number of nitrogens with one attached hydrogen (secondary N) is 2. The lowest BCUT2D eigenvalue weighted by Gasteiger charge is -2.21. The summed E-state index contributed by atoms with van der Waals surface area (Å²) in [5, 5.41) is 21.2. The molecule has 2 aromatic rings. The Balaban J connectivity index is 2.19. The van der Waals surface area contributed by atoms with Crippen molar-refractivity contribution in [3.8, 4) is 11.1 Å². The molecule has 0 unspecified atom stereocenters. The number of sulfonamides is 1. The molecule has 0 saturated heterocycles. The molecule has 0 aromatic heterocycles. The molecular formula is C24H26F6N2O6S. The Morgan fingerprint density at radius 3 is 1.72 bits per heavy atom. The van der Waals surface area contributed by atoms with E-state index in [-0.39, 0.29) is 35.3 Å². The molecule has 0 aliphatic carbocycles. The van der Waals surface area contributed by atoms with Crippen molar-refractivity contribution in [3.05, 3.63) is 53.6 Å². The number of halogens is 6. The largest absolute Gasteiger partial charge is 0.480 e. The topological polar surface area (TPSA) is 133 Å². The van der Waals surface area contributed by atoms with Crippen LogP contribution in [0.3, 0.4) is 0 Å². The lowest BCUT2D eigenvalue weighted by molar-refractivity contribution is -0.144. The lowest BCUT2D eigenvalue weighted by atomic mass is 9.99. The Morgan fingerprint density at radius 1 is 0.821 bits per heavy atom. The molecule has 0 amide bonds. The molecule has 0 saturated carbocycles. The molecule has 15 heteroatoms. The zero-order chi connectivity index (χ0) is 29.8. The maximum Gasteiger partial charge on any atom is 0.416 e. The highest BCUT2D eigenvalue weighted by molar-refractivity contribution is 7.89. The molecule has 0 spiro atoms. The Hall–Kier alpha value is -3.17. The molecule has 2 aromatic carbocycles. The molecule has 4 N–H and O–H groups in total. The van der Waals surface area contributed by atoms with Crippen LogP contribution in [0, 0.1) is 5.92 Å². The molecular weight excluding hydrogens is 558 g/mol. The number of carboxylic acids is 2. The number of hydrogen-bond donors (Lipinski definition) is 4. The summed E-state index contributed by atoms with van der Waals surface area (Å²) in [4.78, 5) is 22.6. The highest BCUT2D eigenvalue weighted by atomic mass is 32.2. The fourth-order valence-electron chi connectivity index (χ4n) is 3.60. The first-order valence-electron chi connectivity index (χ1n) is 11.4. The van der Waals surface area contributed by atoms with Gasteiger partial charge in [0.1, 0.15) is 12.1 Å². The van der Waals surface area contributed by atoms with Crippen molar-refractivity contribution in [1.29, 1.82) is 0 Å². The summed E-state index contributed by atoms with van der Waals surface area (Å²) in [5.74, 6) is -2.72. The van der Waals surface area contributed by atoms with Gasteiger partial charge in [-0.2, -0.15) is 26.3 Å². The molecule has 0 radical (unpaired) electrons. The molecule has 216 valence electrons. The van der Waals surface area contributed by atoms with E-state index in [0.717, 1.165) is 24.3 Å². The van der Waals surface area contributed by atoms with Crippen LogP contribution in [0.5, 0.6) is 0 Å². The summed E-state index contributed by atoms with van der Waals surface area (Å²) in [5.41, 5.74) is -3.58. The van der Waals surface area contributed by atoms with Crippen molar-refractivity contribution < 1.29 is 54.6 Å². The highest BCUT2D eigenvalue weighted by Gasteiger charge is 2.37. The minimum absolute atomic E-state index is 0.0208. The average molecular weight is 585 g/mol. The van der Waals surface area contributed by atoms with Gasteiger partial charge >= 0.3 is 24.3 Å². The molecule has 0 aliphatic heterocycles. The first kappa shape index (κ1) is 32.0. The van der Waals surface area contributed by atoms with E-state index in [0.29, 0.717) is 12.1 Å². The fraction of sp³-hybridized carbons (Fsp3) is 0.417. The van der Waals surface area contributed by atoms with Crippen LogP contribution < -0.4 is 10.0 Å². The molecule has 8 nitrogen and oxygen atoms in total. The molecule has 0 aliphatic rings. The maximum absolute atomic E-state index is 13.1. The predicted molar refractivity (Wildman–Crippen MR) is 127 cm³/mol. The predicted octanol–water partition coefficient (Wildman–Crippen LogP) is 4.60. The molecule has 2 atom stereocenters. The third-order valence-electron chi connectivity index (χ3n) is 5.52. The van der Waals surface area contributed by atoms with E-state index >= 15 is 0 Å². The number of alkyl halides is 6. The summed E-state index contributed by atoms with van der Waals surface area (Å²) in [7, 11) is -4.25. The van der Waals surface area contributed by atoms with Crippen LogP contribution >= 0.6 is 0 Å². The third-order valence-corrected chi connectivity index (χ3v) is 6.99. The van der Waals surface area contributed by atoms with Gasteiger partial charge in [-0.05, 0) is 60.2 Å². The number of carbonyl (C=O) groups is 2. The normalized spacial score (nSPS) is 14.3. The number of benzene rings is 2. The standard InChI is InChI=1S/C24H26F6N2O6S/c1-13(2)9-20(22(35)36)32-19(21(33)34)7-8-31-39(37,38)18-5-3-14(4-6-18)15-10-16(23(25,26)27)12-17(11-15)24(28,29)30/h3-6,10-13,19-20,31-32H,7-9H2,1-2H3,(H,33,34)(H,35,36)/t19-,20-/m0/s1. The number of rotatable bonds is 12. The Labute approximate surface area is 220 Å². The zero-order valence-corrected chi connectivity index (χ0v) is 21.4. The van der Waals surface area contributed by atoms with E-state index in [1.165, 1.54) is 0 Å². The van der Waals surface area contributed by atoms with Crippen LogP contribution in [0.15, 0.2) is 47.4 Å². The van der Waals surface area contributed by atoms with E-state index in [4.69, 9.17) is 0 Å². The first-order valence-corrected chi connectivity index (χ1v) is 12.9. The molecule has 2 rings (SSSR count). The van der Waals surface area contributed by atoms with Gasteiger partial charge in [0.05, 0.1) is 16.0 Å². The van der Waals surface area contributed by atoms with Crippen molar-refractivity contribution in [3.63, 3.8) is 0 Å². The fourth-order valence-corrected chi connectivity index (χ4v) is 4.65. The van der Waals surface area contributed by atoms with Gasteiger partial charge < -0.3 is 10.2 Å². The monoisotopic (exact) mass is 584 g/mol. The summed E-state index contributed by atoms with van der Waals surface area (Å²) in [6.07, 6.45) is -10.3. The highest BCUT2D eigenvalue weighted by Crippen LogP contribution is 2.38. The van der Waals surface area contributed by atoms with Crippen molar-refractivity contribution in [2.24, 2.45) is 5.92 Å². The van der Waals surface area contributed by atoms with Gasteiger partial charge in [-0.3, -0.25) is 14.9 Å². The lowest BCUT2D eigenvalue weighted by Crippen LogP contribution is -2.48. The Bertz CT molecular complexity index is 1250. The average Bonchev–Trinajstić information content (AvgIpc) is 2.81. The van der Waals surface area contributed by atoms with Crippen molar-refractivity contribution in [2.45, 2.75) is 56.0 Å². The molecule has 0 bridgehead atoms. The minimum Gasteiger partial charge on any atom is -0.480 e. The van der Waals surface area contributed by atoms with E-state index < -0.39 is 69.6 Å². The van der Waals surface area contributed by atoms with E-state index in [1.54, 1.807) is 13.8 Å². The molecule has 39 heavy (non-hydrogen) atoms. The van der Waals surface area contributed by atoms with Crippen LogP contribution in [0.4, 0.5) is 26.3 Å². The Morgan fingerprint density at radius 2 is 1.31 bits per heavy atom. The van der Waals surface area contributed by atoms with Crippen molar-refractivity contribution in [2.75, 3.05) is 6.54 Å². The second-order valence-electron chi connectivity index (χ2n) is 9.08. The molecule has 0 fully saturated rings. The summed E-state index contributed by atoms with van der Waals surface area (Å²) in [6.45, 7) is 3.08. The molecule has 0 heterocycles. The SMILES string of the molecule is CC(C)C[C@H](N[C@@H](CCNS(=O)(=O)c1ccc(-c2cc(C(F)(F)F)cc(C(F)(F)F)c2)cc1)C(=O)O)C(=O)O. The summed E-state index contributed by atoms with van der Waals surface area (Å²) >= 11 is 0. The smallest absolute Gasteiger partial charge is 0.416 e. The van der Waals surface area contributed by atoms with Gasteiger partial charge in [-0.15, -0.1) is 0 Å². The second kappa shape index (κ2) is 12.3. The van der Waals surface area contributed by atoms with E-state index in [1.807, 2.05) is 0 Å². The van der Waals surface area contributed by atoms with E-state index in [9.17, 15) is 54.6 Å². The van der Waals surface area contributed by atoms with Gasteiger partial charge in [-0.1, -0.05) is 26.0 Å². The van der Waals surface area contributed by atoms with Gasteiger partial charge in [0.15, 0.2) is 0 Å².